The topological polar surface area (TPSA) is 99.6 Å². The van der Waals surface area contributed by atoms with Crippen LogP contribution in [0.3, 0.4) is 0 Å². The SMILES string of the molecule is Cc1noc(C(C)Nc2ccc3[nH]c(=O)[nH]c3c2)n1. The van der Waals surface area contributed by atoms with E-state index >= 15 is 0 Å². The standard InChI is InChI=1S/C12H13N5O2/c1-6(11-14-7(2)17-19-11)13-8-3-4-9-10(5-8)16-12(18)15-9/h3-6,13H,1-2H3,(H2,15,16,18). The Bertz CT molecular complexity index is 770. The first-order chi connectivity index (χ1) is 9.11. The van der Waals surface area contributed by atoms with E-state index in [1.165, 1.54) is 0 Å². The fourth-order valence-corrected chi connectivity index (χ4v) is 1.92. The third-order valence-corrected chi connectivity index (χ3v) is 2.81. The molecule has 0 saturated carbocycles. The van der Waals surface area contributed by atoms with Crippen molar-refractivity contribution in [2.45, 2.75) is 19.9 Å². The molecular formula is C12H13N5O2. The molecule has 7 heteroatoms. The van der Waals surface area contributed by atoms with Gasteiger partial charge in [0.1, 0.15) is 6.04 Å². The van der Waals surface area contributed by atoms with Crippen LogP contribution < -0.4 is 11.0 Å². The van der Waals surface area contributed by atoms with Gasteiger partial charge in [0.05, 0.1) is 11.0 Å². The van der Waals surface area contributed by atoms with Crippen LogP contribution in [0.2, 0.25) is 0 Å². The highest BCUT2D eigenvalue weighted by atomic mass is 16.5. The number of aromatic amines is 2. The summed E-state index contributed by atoms with van der Waals surface area (Å²) in [5.41, 5.74) is 2.18. The van der Waals surface area contributed by atoms with Gasteiger partial charge in [0, 0.05) is 5.69 Å². The average Bonchev–Trinajstić information content (AvgIpc) is 2.93. The van der Waals surface area contributed by atoms with Crippen molar-refractivity contribution in [3.05, 3.63) is 40.4 Å². The van der Waals surface area contributed by atoms with E-state index in [-0.39, 0.29) is 11.7 Å². The molecule has 0 radical (unpaired) electrons. The van der Waals surface area contributed by atoms with Crippen molar-refractivity contribution in [3.63, 3.8) is 0 Å². The number of aromatic nitrogens is 4. The van der Waals surface area contributed by atoms with Gasteiger partial charge in [-0.15, -0.1) is 0 Å². The minimum absolute atomic E-state index is 0.107. The van der Waals surface area contributed by atoms with Crippen LogP contribution in [0, 0.1) is 6.92 Å². The molecule has 7 nitrogen and oxygen atoms in total. The van der Waals surface area contributed by atoms with Gasteiger partial charge in [0.15, 0.2) is 5.82 Å². The summed E-state index contributed by atoms with van der Waals surface area (Å²) >= 11 is 0. The van der Waals surface area contributed by atoms with E-state index in [0.29, 0.717) is 11.7 Å². The summed E-state index contributed by atoms with van der Waals surface area (Å²) in [6, 6.07) is 5.46. The van der Waals surface area contributed by atoms with E-state index < -0.39 is 0 Å². The molecule has 0 fully saturated rings. The lowest BCUT2D eigenvalue weighted by molar-refractivity contribution is 0.364. The van der Waals surface area contributed by atoms with Gasteiger partial charge in [0.25, 0.3) is 0 Å². The highest BCUT2D eigenvalue weighted by molar-refractivity contribution is 5.78. The molecule has 2 aromatic heterocycles. The maximum Gasteiger partial charge on any atom is 0.323 e. The average molecular weight is 259 g/mol. The quantitative estimate of drug-likeness (QED) is 0.665. The van der Waals surface area contributed by atoms with Crippen molar-refractivity contribution < 1.29 is 4.52 Å². The summed E-state index contributed by atoms with van der Waals surface area (Å²) in [6.07, 6.45) is 0. The fourth-order valence-electron chi connectivity index (χ4n) is 1.92. The van der Waals surface area contributed by atoms with Crippen LogP contribution in [-0.4, -0.2) is 20.1 Å². The summed E-state index contributed by atoms with van der Waals surface area (Å²) in [7, 11) is 0. The van der Waals surface area contributed by atoms with E-state index in [2.05, 4.69) is 25.4 Å². The zero-order valence-corrected chi connectivity index (χ0v) is 10.5. The van der Waals surface area contributed by atoms with Gasteiger partial charge >= 0.3 is 5.69 Å². The lowest BCUT2D eigenvalue weighted by Gasteiger charge is -2.10. The van der Waals surface area contributed by atoms with Crippen LogP contribution in [0.4, 0.5) is 5.69 Å². The highest BCUT2D eigenvalue weighted by Gasteiger charge is 2.12. The van der Waals surface area contributed by atoms with Crippen molar-refractivity contribution in [3.8, 4) is 0 Å². The Morgan fingerprint density at radius 1 is 1.32 bits per heavy atom. The molecule has 0 aliphatic rings. The Balaban J connectivity index is 1.86. The van der Waals surface area contributed by atoms with Crippen LogP contribution in [-0.2, 0) is 0 Å². The molecule has 3 aromatic rings. The number of rotatable bonds is 3. The first-order valence-corrected chi connectivity index (χ1v) is 5.90. The third-order valence-electron chi connectivity index (χ3n) is 2.81. The van der Waals surface area contributed by atoms with Gasteiger partial charge in [-0.3, -0.25) is 0 Å². The number of imidazole rings is 1. The number of hydrogen-bond donors (Lipinski definition) is 3. The molecule has 98 valence electrons. The molecule has 0 amide bonds. The molecule has 0 saturated heterocycles. The van der Waals surface area contributed by atoms with Crippen molar-refractivity contribution in [1.29, 1.82) is 0 Å². The molecule has 1 atom stereocenters. The van der Waals surface area contributed by atoms with E-state index in [4.69, 9.17) is 4.52 Å². The van der Waals surface area contributed by atoms with Gasteiger partial charge in [-0.2, -0.15) is 4.98 Å². The number of fused-ring (bicyclic) bond motifs is 1. The zero-order chi connectivity index (χ0) is 13.4. The monoisotopic (exact) mass is 259 g/mol. The summed E-state index contributed by atoms with van der Waals surface area (Å²) < 4.78 is 5.10. The molecule has 1 unspecified atom stereocenters. The molecule has 19 heavy (non-hydrogen) atoms. The Hall–Kier alpha value is -2.57. The van der Waals surface area contributed by atoms with Crippen LogP contribution in [0.25, 0.3) is 11.0 Å². The summed E-state index contributed by atoms with van der Waals surface area (Å²) in [4.78, 5) is 20.8. The molecule has 1 aromatic carbocycles. The van der Waals surface area contributed by atoms with Gasteiger partial charge in [-0.1, -0.05) is 5.16 Å². The molecule has 0 aliphatic heterocycles. The lowest BCUT2D eigenvalue weighted by Crippen LogP contribution is -2.06. The van der Waals surface area contributed by atoms with Crippen LogP contribution >= 0.6 is 0 Å². The van der Waals surface area contributed by atoms with E-state index in [1.807, 2.05) is 25.1 Å². The Morgan fingerprint density at radius 2 is 2.11 bits per heavy atom. The highest BCUT2D eigenvalue weighted by Crippen LogP contribution is 2.20. The number of benzene rings is 1. The van der Waals surface area contributed by atoms with Crippen molar-refractivity contribution in [1.82, 2.24) is 20.1 Å². The second-order valence-corrected chi connectivity index (χ2v) is 4.39. The summed E-state index contributed by atoms with van der Waals surface area (Å²) in [5, 5.41) is 6.99. The third kappa shape index (κ3) is 2.22. The predicted molar refractivity (Wildman–Crippen MR) is 70.0 cm³/mol. The second-order valence-electron chi connectivity index (χ2n) is 4.39. The lowest BCUT2D eigenvalue weighted by atomic mass is 10.2. The number of aryl methyl sites for hydroxylation is 1. The molecule has 0 aliphatic carbocycles. The largest absolute Gasteiger partial charge is 0.374 e. The molecule has 3 rings (SSSR count). The number of nitrogens with zero attached hydrogens (tertiary/aromatic N) is 2. The molecule has 2 heterocycles. The van der Waals surface area contributed by atoms with Crippen LogP contribution in [0.1, 0.15) is 24.7 Å². The normalized spacial score (nSPS) is 12.7. The minimum atomic E-state index is -0.215. The Labute approximate surface area is 108 Å². The number of H-pyrrole nitrogens is 2. The zero-order valence-electron chi connectivity index (χ0n) is 10.5. The number of hydrogen-bond acceptors (Lipinski definition) is 5. The summed E-state index contributed by atoms with van der Waals surface area (Å²) in [5.74, 6) is 1.13. The number of anilines is 1. The molecule has 3 N–H and O–H groups in total. The van der Waals surface area contributed by atoms with Crippen LogP contribution in [0.15, 0.2) is 27.5 Å². The maximum absolute atomic E-state index is 11.2. The van der Waals surface area contributed by atoms with Gasteiger partial charge in [-0.05, 0) is 32.0 Å². The summed E-state index contributed by atoms with van der Waals surface area (Å²) in [6.45, 7) is 3.70. The minimum Gasteiger partial charge on any atom is -0.374 e. The predicted octanol–water partition coefficient (Wildman–Crippen LogP) is 1.72. The Kier molecular flexibility index (Phi) is 2.59. The molecule has 0 bridgehead atoms. The van der Waals surface area contributed by atoms with E-state index in [1.54, 1.807) is 6.92 Å². The van der Waals surface area contributed by atoms with Crippen molar-refractivity contribution in [2.75, 3.05) is 5.32 Å². The van der Waals surface area contributed by atoms with E-state index in [0.717, 1.165) is 16.7 Å². The van der Waals surface area contributed by atoms with E-state index in [9.17, 15) is 4.79 Å². The Morgan fingerprint density at radius 3 is 2.84 bits per heavy atom. The smallest absolute Gasteiger partial charge is 0.323 e. The van der Waals surface area contributed by atoms with Crippen molar-refractivity contribution in [2.24, 2.45) is 0 Å². The van der Waals surface area contributed by atoms with Gasteiger partial charge in [0.2, 0.25) is 5.89 Å². The fraction of sp³-hybridized carbons (Fsp3) is 0.250. The maximum atomic E-state index is 11.2. The first-order valence-electron chi connectivity index (χ1n) is 5.90. The van der Waals surface area contributed by atoms with Crippen LogP contribution in [0.5, 0.6) is 0 Å². The molecular weight excluding hydrogens is 246 g/mol. The number of nitrogens with one attached hydrogen (secondary N) is 3. The van der Waals surface area contributed by atoms with Crippen molar-refractivity contribution >= 4 is 16.7 Å². The van der Waals surface area contributed by atoms with Gasteiger partial charge in [-0.25, -0.2) is 4.79 Å². The van der Waals surface area contributed by atoms with Gasteiger partial charge < -0.3 is 19.8 Å². The molecule has 0 spiro atoms. The first kappa shape index (κ1) is 11.5. The second kappa shape index (κ2) is 4.27.